The van der Waals surface area contributed by atoms with Crippen molar-refractivity contribution in [2.45, 2.75) is 12.8 Å². The van der Waals surface area contributed by atoms with Crippen molar-refractivity contribution in [1.29, 1.82) is 0 Å². The fourth-order valence-electron chi connectivity index (χ4n) is 0.321. The third kappa shape index (κ3) is 5.41. The van der Waals surface area contributed by atoms with E-state index in [0.717, 1.165) is 12.8 Å². The van der Waals surface area contributed by atoms with Gasteiger partial charge in [0.15, 0.2) is 0 Å². The van der Waals surface area contributed by atoms with Crippen LogP contribution < -0.4 is 0 Å². The van der Waals surface area contributed by atoms with Crippen LogP contribution in [0.15, 0.2) is 17.6 Å². The lowest BCUT2D eigenvalue weighted by Crippen LogP contribution is -1.69. The van der Waals surface area contributed by atoms with Crippen LogP contribution in [0.25, 0.3) is 0 Å². The Morgan fingerprint density at radius 1 is 1.57 bits per heavy atom. The maximum absolute atomic E-state index is 3.80. The molecule has 0 unspecified atom stereocenters. The van der Waals surface area contributed by atoms with Crippen LogP contribution in [0.1, 0.15) is 12.8 Å². The van der Waals surface area contributed by atoms with Gasteiger partial charge in [-0.15, -0.1) is 6.58 Å². The van der Waals surface area contributed by atoms with E-state index in [1.54, 1.807) is 7.05 Å². The highest BCUT2D eigenvalue weighted by atomic mass is 14.6. The Morgan fingerprint density at radius 3 is 2.71 bits per heavy atom. The van der Waals surface area contributed by atoms with Crippen molar-refractivity contribution in [1.82, 2.24) is 0 Å². The molecule has 0 radical (unpaired) electrons. The third-order valence-electron chi connectivity index (χ3n) is 0.682. The van der Waals surface area contributed by atoms with E-state index in [-0.39, 0.29) is 0 Å². The molecule has 1 heteroatoms. The summed E-state index contributed by atoms with van der Waals surface area (Å²) in [6.07, 6.45) is 5.85. The van der Waals surface area contributed by atoms with Gasteiger partial charge in [0, 0.05) is 7.05 Å². The minimum atomic E-state index is 1.03. The van der Waals surface area contributed by atoms with Crippen LogP contribution in [0.2, 0.25) is 0 Å². The van der Waals surface area contributed by atoms with Crippen LogP contribution in [0.5, 0.6) is 0 Å². The Hall–Kier alpha value is -0.590. The summed E-state index contributed by atoms with van der Waals surface area (Å²) in [7, 11) is 1.78. The zero-order valence-corrected chi connectivity index (χ0v) is 4.72. The zero-order valence-electron chi connectivity index (χ0n) is 4.72. The van der Waals surface area contributed by atoms with Crippen LogP contribution >= 0.6 is 0 Å². The standard InChI is InChI=1S/C6H11N/c1-3-4-5-6-7-2/h3,6H,1,4-5H2,2H3. The summed E-state index contributed by atoms with van der Waals surface area (Å²) in [6.45, 7) is 3.57. The van der Waals surface area contributed by atoms with E-state index in [0.29, 0.717) is 0 Å². The molecule has 0 aliphatic heterocycles. The molecule has 0 aliphatic rings. The molecule has 0 N–H and O–H groups in total. The van der Waals surface area contributed by atoms with Gasteiger partial charge >= 0.3 is 0 Å². The molecule has 0 amide bonds. The lowest BCUT2D eigenvalue weighted by molar-refractivity contribution is 1.12. The second-order valence-electron chi connectivity index (χ2n) is 1.31. The van der Waals surface area contributed by atoms with Gasteiger partial charge in [0.1, 0.15) is 0 Å². The van der Waals surface area contributed by atoms with Crippen LogP contribution in [-0.2, 0) is 0 Å². The first-order valence-electron chi connectivity index (χ1n) is 2.43. The van der Waals surface area contributed by atoms with E-state index in [2.05, 4.69) is 11.6 Å². The molecule has 0 heterocycles. The Morgan fingerprint density at radius 2 is 2.29 bits per heavy atom. The second-order valence-corrected chi connectivity index (χ2v) is 1.31. The molecule has 0 aliphatic carbocycles. The Bertz CT molecular complexity index is 64.6. The SMILES string of the molecule is C=CCCC=NC. The molecule has 0 atom stereocenters. The lowest BCUT2D eigenvalue weighted by Gasteiger charge is -1.78. The molecule has 0 aromatic rings. The van der Waals surface area contributed by atoms with Gasteiger partial charge in [-0.2, -0.15) is 0 Å². The van der Waals surface area contributed by atoms with Crippen molar-refractivity contribution in [2.24, 2.45) is 4.99 Å². The number of hydrogen-bond donors (Lipinski definition) is 0. The topological polar surface area (TPSA) is 12.4 Å². The fraction of sp³-hybridized carbons (Fsp3) is 0.500. The van der Waals surface area contributed by atoms with E-state index < -0.39 is 0 Å². The number of aliphatic imine (C=N–C) groups is 1. The minimum Gasteiger partial charge on any atom is -0.301 e. The molecule has 7 heavy (non-hydrogen) atoms. The molecule has 0 saturated heterocycles. The smallest absolute Gasteiger partial charge is 0.0273 e. The van der Waals surface area contributed by atoms with Gasteiger partial charge in [-0.25, -0.2) is 0 Å². The molecule has 0 aromatic carbocycles. The monoisotopic (exact) mass is 97.1 g/mol. The Labute approximate surface area is 44.8 Å². The summed E-state index contributed by atoms with van der Waals surface area (Å²) < 4.78 is 0. The first kappa shape index (κ1) is 6.41. The number of allylic oxidation sites excluding steroid dienone is 1. The van der Waals surface area contributed by atoms with Crippen molar-refractivity contribution in [3.8, 4) is 0 Å². The first-order valence-corrected chi connectivity index (χ1v) is 2.43. The summed E-state index contributed by atoms with van der Waals surface area (Å²) >= 11 is 0. The molecule has 1 nitrogen and oxygen atoms in total. The summed E-state index contributed by atoms with van der Waals surface area (Å²) in [5.41, 5.74) is 0. The number of unbranched alkanes of at least 4 members (excludes halogenated alkanes) is 1. The van der Waals surface area contributed by atoms with E-state index in [1.165, 1.54) is 0 Å². The summed E-state index contributed by atoms with van der Waals surface area (Å²) in [4.78, 5) is 3.80. The molecule has 40 valence electrons. The molecule has 0 aromatic heterocycles. The predicted molar refractivity (Wildman–Crippen MR) is 33.8 cm³/mol. The highest BCUT2D eigenvalue weighted by molar-refractivity contribution is 5.56. The van der Waals surface area contributed by atoms with E-state index in [9.17, 15) is 0 Å². The van der Waals surface area contributed by atoms with Gasteiger partial charge in [0.05, 0.1) is 0 Å². The third-order valence-corrected chi connectivity index (χ3v) is 0.682. The van der Waals surface area contributed by atoms with Crippen molar-refractivity contribution in [3.63, 3.8) is 0 Å². The highest BCUT2D eigenvalue weighted by Gasteiger charge is 1.69. The molecule has 0 fully saturated rings. The zero-order chi connectivity index (χ0) is 5.54. The largest absolute Gasteiger partial charge is 0.301 e. The van der Waals surface area contributed by atoms with E-state index in [4.69, 9.17) is 0 Å². The van der Waals surface area contributed by atoms with Crippen LogP contribution in [0, 0.1) is 0 Å². The molecular formula is C6H11N. The van der Waals surface area contributed by atoms with Gasteiger partial charge in [-0.05, 0) is 19.1 Å². The van der Waals surface area contributed by atoms with Crippen LogP contribution in [0.3, 0.4) is 0 Å². The predicted octanol–water partition coefficient (Wildman–Crippen LogP) is 1.65. The highest BCUT2D eigenvalue weighted by Crippen LogP contribution is 1.82. The average molecular weight is 97.2 g/mol. The van der Waals surface area contributed by atoms with Gasteiger partial charge in [0.25, 0.3) is 0 Å². The molecule has 0 bridgehead atoms. The van der Waals surface area contributed by atoms with E-state index >= 15 is 0 Å². The van der Waals surface area contributed by atoms with Crippen molar-refractivity contribution in [3.05, 3.63) is 12.7 Å². The van der Waals surface area contributed by atoms with Crippen molar-refractivity contribution < 1.29 is 0 Å². The minimum absolute atomic E-state index is 1.03. The summed E-state index contributed by atoms with van der Waals surface area (Å²) in [5.74, 6) is 0. The molecule has 0 spiro atoms. The van der Waals surface area contributed by atoms with Gasteiger partial charge in [0.2, 0.25) is 0 Å². The number of rotatable bonds is 3. The number of hydrogen-bond acceptors (Lipinski definition) is 1. The summed E-state index contributed by atoms with van der Waals surface area (Å²) in [5, 5.41) is 0. The summed E-state index contributed by atoms with van der Waals surface area (Å²) in [6, 6.07) is 0. The fourth-order valence-corrected chi connectivity index (χ4v) is 0.321. The molecule has 0 saturated carbocycles. The lowest BCUT2D eigenvalue weighted by atomic mass is 10.3. The maximum Gasteiger partial charge on any atom is 0.0273 e. The van der Waals surface area contributed by atoms with Crippen LogP contribution in [0.4, 0.5) is 0 Å². The van der Waals surface area contributed by atoms with Crippen molar-refractivity contribution >= 4 is 6.21 Å². The molecule has 0 rings (SSSR count). The maximum atomic E-state index is 3.80. The van der Waals surface area contributed by atoms with Crippen LogP contribution in [-0.4, -0.2) is 13.3 Å². The van der Waals surface area contributed by atoms with Gasteiger partial charge < -0.3 is 4.99 Å². The quantitative estimate of drug-likeness (QED) is 0.288. The average Bonchev–Trinajstić information content (AvgIpc) is 1.69. The van der Waals surface area contributed by atoms with Gasteiger partial charge in [-0.1, -0.05) is 6.08 Å². The first-order chi connectivity index (χ1) is 3.41. The van der Waals surface area contributed by atoms with Crippen molar-refractivity contribution in [2.75, 3.05) is 7.05 Å². The van der Waals surface area contributed by atoms with Gasteiger partial charge in [-0.3, -0.25) is 0 Å². The Kier molecular flexibility index (Phi) is 4.95. The Balaban J connectivity index is 2.82. The second kappa shape index (κ2) is 5.41. The normalized spacial score (nSPS) is 9.86. The van der Waals surface area contributed by atoms with E-state index in [1.807, 2.05) is 12.3 Å². The molecular weight excluding hydrogens is 86.1 g/mol. The number of nitrogens with zero attached hydrogens (tertiary/aromatic N) is 1.